The summed E-state index contributed by atoms with van der Waals surface area (Å²) in [7, 11) is 0. The molecule has 2 unspecified atom stereocenters. The van der Waals surface area contributed by atoms with Gasteiger partial charge in [-0.2, -0.15) is 13.2 Å². The second kappa shape index (κ2) is 5.37. The molecule has 0 aromatic heterocycles. The Morgan fingerprint density at radius 1 is 1.30 bits per heavy atom. The molecule has 2 rings (SSSR count). The van der Waals surface area contributed by atoms with E-state index in [4.69, 9.17) is 4.74 Å². The van der Waals surface area contributed by atoms with Gasteiger partial charge in [-0.3, -0.25) is 0 Å². The first kappa shape index (κ1) is 15.3. The third-order valence-corrected chi connectivity index (χ3v) is 3.86. The Morgan fingerprint density at radius 3 is 2.55 bits per heavy atom. The summed E-state index contributed by atoms with van der Waals surface area (Å²) in [6, 6.07) is 5.26. The Hall–Kier alpha value is -1.07. The summed E-state index contributed by atoms with van der Waals surface area (Å²) in [5.41, 5.74) is -2.27. The molecule has 1 N–H and O–H groups in total. The van der Waals surface area contributed by atoms with E-state index in [1.807, 2.05) is 13.8 Å². The number of ether oxygens (including phenoxy) is 1. The molecule has 0 aliphatic carbocycles. The highest BCUT2D eigenvalue weighted by Crippen LogP contribution is 2.42. The van der Waals surface area contributed by atoms with Crippen molar-refractivity contribution in [2.24, 2.45) is 5.92 Å². The summed E-state index contributed by atoms with van der Waals surface area (Å²) in [6.07, 6.45) is -4.31. The highest BCUT2D eigenvalue weighted by atomic mass is 19.4. The third-order valence-electron chi connectivity index (χ3n) is 3.86. The molecule has 0 radical (unpaired) electrons. The average molecular weight is 288 g/mol. The second-order valence-corrected chi connectivity index (χ2v) is 5.68. The highest BCUT2D eigenvalue weighted by Gasteiger charge is 2.43. The molecular weight excluding hydrogens is 269 g/mol. The van der Waals surface area contributed by atoms with Gasteiger partial charge in [0.15, 0.2) is 0 Å². The molecule has 0 amide bonds. The first-order valence-corrected chi connectivity index (χ1v) is 6.75. The van der Waals surface area contributed by atoms with Gasteiger partial charge in [0.2, 0.25) is 0 Å². The third kappa shape index (κ3) is 2.99. The van der Waals surface area contributed by atoms with Crippen LogP contribution in [0.15, 0.2) is 24.3 Å². The summed E-state index contributed by atoms with van der Waals surface area (Å²) in [5, 5.41) is 10.7. The van der Waals surface area contributed by atoms with Crippen LogP contribution in [0.2, 0.25) is 0 Å². The molecule has 2 nitrogen and oxygen atoms in total. The zero-order valence-corrected chi connectivity index (χ0v) is 11.6. The lowest BCUT2D eigenvalue weighted by molar-refractivity contribution is -0.149. The highest BCUT2D eigenvalue weighted by molar-refractivity contribution is 5.35. The molecule has 0 saturated carbocycles. The molecule has 1 saturated heterocycles. The van der Waals surface area contributed by atoms with Gasteiger partial charge in [0.1, 0.15) is 0 Å². The fraction of sp³-hybridized carbons (Fsp3) is 0.600. The molecule has 1 fully saturated rings. The predicted molar refractivity (Wildman–Crippen MR) is 69.2 cm³/mol. The summed E-state index contributed by atoms with van der Waals surface area (Å²) in [6.45, 7) is 4.14. The molecule has 5 heteroatoms. The van der Waals surface area contributed by atoms with Gasteiger partial charge in [0.25, 0.3) is 0 Å². The molecule has 0 bridgehead atoms. The Kier molecular flexibility index (Phi) is 4.12. The SMILES string of the molecule is CC(C)C1CC(O)(c2ccccc2C(F)(F)F)CCO1. The topological polar surface area (TPSA) is 29.5 Å². The summed E-state index contributed by atoms with van der Waals surface area (Å²) < 4.78 is 44.8. The average Bonchev–Trinajstić information content (AvgIpc) is 2.38. The predicted octanol–water partition coefficient (Wildman–Crippen LogP) is 3.73. The van der Waals surface area contributed by atoms with E-state index in [0.29, 0.717) is 0 Å². The molecule has 1 aromatic carbocycles. The van der Waals surface area contributed by atoms with Crippen molar-refractivity contribution >= 4 is 0 Å². The lowest BCUT2D eigenvalue weighted by atomic mass is 9.79. The van der Waals surface area contributed by atoms with Crippen LogP contribution in [-0.2, 0) is 16.5 Å². The minimum absolute atomic E-state index is 0.0403. The molecule has 2 atom stereocenters. The number of benzene rings is 1. The summed E-state index contributed by atoms with van der Waals surface area (Å²) in [5.74, 6) is 0.153. The zero-order valence-electron chi connectivity index (χ0n) is 11.6. The number of alkyl halides is 3. The monoisotopic (exact) mass is 288 g/mol. The van der Waals surface area contributed by atoms with E-state index in [-0.39, 0.29) is 37.0 Å². The Labute approximate surface area is 116 Å². The first-order chi connectivity index (χ1) is 9.24. The van der Waals surface area contributed by atoms with Gasteiger partial charge >= 0.3 is 6.18 Å². The fourth-order valence-electron chi connectivity index (χ4n) is 2.68. The van der Waals surface area contributed by atoms with E-state index < -0.39 is 17.3 Å². The van der Waals surface area contributed by atoms with Gasteiger partial charge in [0, 0.05) is 12.8 Å². The molecule has 0 spiro atoms. The molecule has 1 heterocycles. The lowest BCUT2D eigenvalue weighted by Crippen LogP contribution is -2.41. The molecule has 1 aliphatic heterocycles. The maximum absolute atomic E-state index is 13.1. The van der Waals surface area contributed by atoms with Gasteiger partial charge < -0.3 is 9.84 Å². The van der Waals surface area contributed by atoms with Crippen molar-refractivity contribution in [1.29, 1.82) is 0 Å². The number of hydrogen-bond acceptors (Lipinski definition) is 2. The quantitative estimate of drug-likeness (QED) is 0.898. The number of rotatable bonds is 2. The van der Waals surface area contributed by atoms with E-state index in [9.17, 15) is 18.3 Å². The Bertz CT molecular complexity index is 470. The molecule has 20 heavy (non-hydrogen) atoms. The van der Waals surface area contributed by atoms with Gasteiger partial charge in [-0.05, 0) is 17.5 Å². The maximum Gasteiger partial charge on any atom is 0.416 e. The van der Waals surface area contributed by atoms with Crippen LogP contribution in [0.3, 0.4) is 0 Å². The lowest BCUT2D eigenvalue weighted by Gasteiger charge is -2.40. The standard InChI is InChI=1S/C15H19F3O2/c1-10(2)13-9-14(19,7-8-20-13)11-5-3-4-6-12(11)15(16,17)18/h3-6,10,13,19H,7-9H2,1-2H3. The van der Waals surface area contributed by atoms with Crippen LogP contribution < -0.4 is 0 Å². The van der Waals surface area contributed by atoms with Crippen LogP contribution in [0.25, 0.3) is 0 Å². The minimum Gasteiger partial charge on any atom is -0.385 e. The summed E-state index contributed by atoms with van der Waals surface area (Å²) >= 11 is 0. The van der Waals surface area contributed by atoms with E-state index >= 15 is 0 Å². The Morgan fingerprint density at radius 2 is 1.95 bits per heavy atom. The smallest absolute Gasteiger partial charge is 0.385 e. The van der Waals surface area contributed by atoms with Crippen molar-refractivity contribution in [2.45, 2.75) is 44.6 Å². The van der Waals surface area contributed by atoms with Crippen molar-refractivity contribution in [2.75, 3.05) is 6.61 Å². The number of aliphatic hydroxyl groups is 1. The molecule has 112 valence electrons. The maximum atomic E-state index is 13.1. The number of hydrogen-bond donors (Lipinski definition) is 1. The van der Waals surface area contributed by atoms with E-state index in [0.717, 1.165) is 6.07 Å². The van der Waals surface area contributed by atoms with Gasteiger partial charge in [0.05, 0.1) is 23.9 Å². The van der Waals surface area contributed by atoms with Gasteiger partial charge in [-0.15, -0.1) is 0 Å². The van der Waals surface area contributed by atoms with Crippen molar-refractivity contribution in [1.82, 2.24) is 0 Å². The van der Waals surface area contributed by atoms with Crippen molar-refractivity contribution < 1.29 is 23.0 Å². The molecule has 1 aliphatic rings. The Balaban J connectivity index is 2.39. The zero-order chi connectivity index (χ0) is 15.0. The largest absolute Gasteiger partial charge is 0.416 e. The summed E-state index contributed by atoms with van der Waals surface area (Å²) in [4.78, 5) is 0. The second-order valence-electron chi connectivity index (χ2n) is 5.68. The molecular formula is C15H19F3O2. The van der Waals surface area contributed by atoms with Gasteiger partial charge in [-0.1, -0.05) is 32.0 Å². The van der Waals surface area contributed by atoms with E-state index in [1.54, 1.807) is 0 Å². The van der Waals surface area contributed by atoms with Gasteiger partial charge in [-0.25, -0.2) is 0 Å². The number of halogens is 3. The van der Waals surface area contributed by atoms with Crippen molar-refractivity contribution in [3.63, 3.8) is 0 Å². The van der Waals surface area contributed by atoms with Crippen LogP contribution >= 0.6 is 0 Å². The normalized spacial score (nSPS) is 27.9. The van der Waals surface area contributed by atoms with Crippen LogP contribution in [0, 0.1) is 5.92 Å². The van der Waals surface area contributed by atoms with Crippen LogP contribution in [0.4, 0.5) is 13.2 Å². The fourth-order valence-corrected chi connectivity index (χ4v) is 2.68. The van der Waals surface area contributed by atoms with Crippen LogP contribution in [-0.4, -0.2) is 17.8 Å². The van der Waals surface area contributed by atoms with Crippen molar-refractivity contribution in [3.8, 4) is 0 Å². The van der Waals surface area contributed by atoms with E-state index in [1.165, 1.54) is 18.2 Å². The first-order valence-electron chi connectivity index (χ1n) is 6.75. The minimum atomic E-state index is -4.46. The van der Waals surface area contributed by atoms with Crippen LogP contribution in [0.5, 0.6) is 0 Å². The van der Waals surface area contributed by atoms with Crippen LogP contribution in [0.1, 0.15) is 37.8 Å². The molecule has 1 aromatic rings. The van der Waals surface area contributed by atoms with Crippen molar-refractivity contribution in [3.05, 3.63) is 35.4 Å². The van der Waals surface area contributed by atoms with E-state index in [2.05, 4.69) is 0 Å².